The highest BCUT2D eigenvalue weighted by atomic mass is 35.5. The Labute approximate surface area is 241 Å². The summed E-state index contributed by atoms with van der Waals surface area (Å²) in [5.41, 5.74) is 4.09. The molecule has 0 saturated heterocycles. The number of aliphatic hydroxyl groups excluding tert-OH is 1. The van der Waals surface area contributed by atoms with Crippen LogP contribution in [0.5, 0.6) is 5.75 Å². The van der Waals surface area contributed by atoms with Gasteiger partial charge >= 0.3 is 5.97 Å². The van der Waals surface area contributed by atoms with Crippen LogP contribution in [-0.4, -0.2) is 39.1 Å². The van der Waals surface area contributed by atoms with Crippen molar-refractivity contribution in [1.82, 2.24) is 14.3 Å². The highest BCUT2D eigenvalue weighted by molar-refractivity contribution is 6.35. The number of methoxy groups -OCH3 is 1. The lowest BCUT2D eigenvalue weighted by Crippen LogP contribution is -2.14. The second-order valence-electron chi connectivity index (χ2n) is 9.81. The van der Waals surface area contributed by atoms with Crippen LogP contribution in [0.3, 0.4) is 0 Å². The number of aryl methyl sites for hydroxylation is 3. The standard InChI is InChI=1S/C31H28ClFN4O4/c1-17-12-19-14-20(33)6-7-21(19)26(13-17)41-11-5-10-37-25-9-8-23(32)29(27-18(2)36(3)35-24(27)16-38)28(25)22(15-34)30(37)31(39)40-4/h6-9,12-14,38H,5,10-11,16H2,1-4H3. The first-order valence-corrected chi connectivity index (χ1v) is 13.4. The number of aliphatic hydroxyl groups is 1. The Bertz CT molecular complexity index is 1860. The summed E-state index contributed by atoms with van der Waals surface area (Å²) >= 11 is 6.72. The van der Waals surface area contributed by atoms with E-state index in [-0.39, 0.29) is 23.7 Å². The Morgan fingerprint density at radius 3 is 2.66 bits per heavy atom. The summed E-state index contributed by atoms with van der Waals surface area (Å²) in [6.45, 7) is 4.08. The fourth-order valence-corrected chi connectivity index (χ4v) is 5.65. The van der Waals surface area contributed by atoms with E-state index in [1.54, 1.807) is 34.5 Å². The van der Waals surface area contributed by atoms with E-state index in [2.05, 4.69) is 11.2 Å². The van der Waals surface area contributed by atoms with Gasteiger partial charge in [0.15, 0.2) is 0 Å². The molecule has 41 heavy (non-hydrogen) atoms. The lowest BCUT2D eigenvalue weighted by Gasteiger charge is -2.13. The van der Waals surface area contributed by atoms with Crippen molar-refractivity contribution in [2.45, 2.75) is 33.4 Å². The molecule has 0 bridgehead atoms. The van der Waals surface area contributed by atoms with Gasteiger partial charge in [0, 0.05) is 46.2 Å². The topological polar surface area (TPSA) is 102 Å². The van der Waals surface area contributed by atoms with Crippen LogP contribution in [-0.2, 0) is 24.9 Å². The number of esters is 1. The van der Waals surface area contributed by atoms with E-state index in [1.807, 2.05) is 26.0 Å². The van der Waals surface area contributed by atoms with Gasteiger partial charge in [0.2, 0.25) is 0 Å². The van der Waals surface area contributed by atoms with E-state index >= 15 is 0 Å². The average Bonchev–Trinajstić information content (AvgIpc) is 3.42. The molecule has 2 heterocycles. The SMILES string of the molecule is COC(=O)c1c(C#N)c2c(-c3c(CO)nn(C)c3C)c(Cl)ccc2n1CCCOc1cc(C)cc2cc(F)ccc12. The lowest BCUT2D eigenvalue weighted by molar-refractivity contribution is 0.0588. The Hall–Kier alpha value is -4.39. The summed E-state index contributed by atoms with van der Waals surface area (Å²) in [5.74, 6) is -0.331. The van der Waals surface area contributed by atoms with Crippen LogP contribution in [0.2, 0.25) is 5.02 Å². The maximum Gasteiger partial charge on any atom is 0.356 e. The number of nitriles is 1. The molecular weight excluding hydrogens is 547 g/mol. The van der Waals surface area contributed by atoms with E-state index in [0.29, 0.717) is 58.1 Å². The minimum atomic E-state index is -0.655. The van der Waals surface area contributed by atoms with Gasteiger partial charge in [-0.05, 0) is 67.6 Å². The summed E-state index contributed by atoms with van der Waals surface area (Å²) in [5, 5.41) is 27.1. The molecule has 5 aromatic rings. The number of hydrogen-bond donors (Lipinski definition) is 1. The van der Waals surface area contributed by atoms with Crippen molar-refractivity contribution in [3.63, 3.8) is 0 Å². The summed E-state index contributed by atoms with van der Waals surface area (Å²) in [6, 6.07) is 14.0. The highest BCUT2D eigenvalue weighted by Gasteiger charge is 2.29. The van der Waals surface area contributed by atoms with Gasteiger partial charge in [-0.25, -0.2) is 9.18 Å². The number of carbonyl (C=O) groups excluding carboxylic acids is 1. The monoisotopic (exact) mass is 574 g/mol. The average molecular weight is 575 g/mol. The van der Waals surface area contributed by atoms with Gasteiger partial charge in [-0.3, -0.25) is 4.68 Å². The number of ether oxygens (including phenoxy) is 2. The molecule has 0 saturated carbocycles. The first kappa shape index (κ1) is 28.1. The Morgan fingerprint density at radius 1 is 1.17 bits per heavy atom. The number of rotatable bonds is 8. The zero-order valence-corrected chi connectivity index (χ0v) is 23.8. The number of fused-ring (bicyclic) bond motifs is 2. The van der Waals surface area contributed by atoms with Crippen LogP contribution in [0, 0.1) is 31.0 Å². The zero-order valence-electron chi connectivity index (χ0n) is 23.1. The maximum absolute atomic E-state index is 13.8. The minimum absolute atomic E-state index is 0.108. The predicted octanol–water partition coefficient (Wildman–Crippen LogP) is 6.22. The van der Waals surface area contributed by atoms with Gasteiger partial charge in [0.1, 0.15) is 23.3 Å². The normalized spacial score (nSPS) is 11.3. The number of hydrogen-bond acceptors (Lipinski definition) is 6. The van der Waals surface area contributed by atoms with Crippen LogP contribution in [0.25, 0.3) is 32.8 Å². The number of carbonyl (C=O) groups is 1. The molecule has 2 aromatic heterocycles. The second kappa shape index (κ2) is 11.2. The Balaban J connectivity index is 1.57. The van der Waals surface area contributed by atoms with Gasteiger partial charge in [-0.1, -0.05) is 17.7 Å². The molecule has 0 unspecified atom stereocenters. The van der Waals surface area contributed by atoms with Crippen LogP contribution in [0.1, 0.15) is 39.4 Å². The van der Waals surface area contributed by atoms with Crippen molar-refractivity contribution in [2.24, 2.45) is 7.05 Å². The number of benzene rings is 3. The second-order valence-corrected chi connectivity index (χ2v) is 10.2. The molecule has 0 radical (unpaired) electrons. The fraction of sp³-hybridized carbons (Fsp3) is 0.258. The third kappa shape index (κ3) is 4.90. The molecule has 0 fully saturated rings. The molecule has 0 aliphatic rings. The quantitative estimate of drug-likeness (QED) is 0.174. The van der Waals surface area contributed by atoms with Gasteiger partial charge in [-0.15, -0.1) is 0 Å². The van der Waals surface area contributed by atoms with Gasteiger partial charge in [-0.2, -0.15) is 10.4 Å². The van der Waals surface area contributed by atoms with E-state index in [0.717, 1.165) is 22.0 Å². The maximum atomic E-state index is 13.8. The largest absolute Gasteiger partial charge is 0.493 e. The molecule has 1 N–H and O–H groups in total. The third-order valence-electron chi connectivity index (χ3n) is 7.28. The number of aromatic nitrogens is 3. The first-order chi connectivity index (χ1) is 19.7. The van der Waals surface area contributed by atoms with Crippen molar-refractivity contribution < 1.29 is 23.8 Å². The molecular formula is C31H28ClFN4O4. The first-order valence-electron chi connectivity index (χ1n) is 13.0. The lowest BCUT2D eigenvalue weighted by atomic mass is 9.97. The van der Waals surface area contributed by atoms with Crippen molar-refractivity contribution in [3.05, 3.63) is 81.5 Å². The molecule has 3 aromatic carbocycles. The van der Waals surface area contributed by atoms with Crippen LogP contribution < -0.4 is 4.74 Å². The van der Waals surface area contributed by atoms with Crippen molar-refractivity contribution >= 4 is 39.2 Å². The van der Waals surface area contributed by atoms with Crippen LogP contribution in [0.15, 0.2) is 42.5 Å². The Morgan fingerprint density at radius 2 is 1.95 bits per heavy atom. The van der Waals surface area contributed by atoms with Crippen LogP contribution >= 0.6 is 11.6 Å². The molecule has 0 spiro atoms. The molecule has 0 atom stereocenters. The van der Waals surface area contributed by atoms with Gasteiger partial charge < -0.3 is 19.1 Å². The summed E-state index contributed by atoms with van der Waals surface area (Å²) in [7, 11) is 3.03. The van der Waals surface area contributed by atoms with Crippen molar-refractivity contribution in [1.29, 1.82) is 5.26 Å². The van der Waals surface area contributed by atoms with E-state index in [1.165, 1.54) is 19.2 Å². The fourth-order valence-electron chi connectivity index (χ4n) is 5.40. The Kier molecular flexibility index (Phi) is 7.72. The van der Waals surface area contributed by atoms with E-state index in [9.17, 15) is 19.6 Å². The molecule has 10 heteroatoms. The van der Waals surface area contributed by atoms with Crippen LogP contribution in [0.4, 0.5) is 4.39 Å². The molecule has 5 rings (SSSR count). The molecule has 0 aliphatic carbocycles. The minimum Gasteiger partial charge on any atom is -0.493 e. The molecule has 210 valence electrons. The number of nitrogens with zero attached hydrogens (tertiary/aromatic N) is 4. The zero-order chi connectivity index (χ0) is 29.4. The summed E-state index contributed by atoms with van der Waals surface area (Å²) < 4.78 is 28.4. The highest BCUT2D eigenvalue weighted by Crippen LogP contribution is 2.42. The van der Waals surface area contributed by atoms with E-state index in [4.69, 9.17) is 21.1 Å². The number of halogens is 2. The smallest absolute Gasteiger partial charge is 0.356 e. The molecule has 8 nitrogen and oxygen atoms in total. The van der Waals surface area contributed by atoms with Crippen molar-refractivity contribution in [2.75, 3.05) is 13.7 Å². The summed E-state index contributed by atoms with van der Waals surface area (Å²) in [6.07, 6.45) is 0.487. The summed E-state index contributed by atoms with van der Waals surface area (Å²) in [4.78, 5) is 13.0. The van der Waals surface area contributed by atoms with Crippen molar-refractivity contribution in [3.8, 4) is 22.9 Å². The third-order valence-corrected chi connectivity index (χ3v) is 7.60. The van der Waals surface area contributed by atoms with Gasteiger partial charge in [0.25, 0.3) is 0 Å². The predicted molar refractivity (Wildman–Crippen MR) is 155 cm³/mol. The molecule has 0 aliphatic heterocycles. The van der Waals surface area contributed by atoms with Gasteiger partial charge in [0.05, 0.1) is 37.1 Å². The van der Waals surface area contributed by atoms with E-state index < -0.39 is 5.97 Å². The molecule has 0 amide bonds.